The van der Waals surface area contributed by atoms with Crippen molar-refractivity contribution in [1.29, 1.82) is 0 Å². The Kier molecular flexibility index (Phi) is 3.50. The van der Waals surface area contributed by atoms with Gasteiger partial charge in [-0.2, -0.15) is 5.10 Å². The van der Waals surface area contributed by atoms with Gasteiger partial charge < -0.3 is 10.8 Å². The quantitative estimate of drug-likeness (QED) is 0.519. The number of phenols is 1. The van der Waals surface area contributed by atoms with E-state index >= 15 is 0 Å². The average Bonchev–Trinajstić information content (AvgIpc) is 2.19. The fraction of sp³-hybridized carbons (Fsp3) is 0.273. The first-order valence-corrected chi connectivity index (χ1v) is 4.81. The van der Waals surface area contributed by atoms with Gasteiger partial charge >= 0.3 is 6.03 Å². The van der Waals surface area contributed by atoms with E-state index in [0.717, 1.165) is 16.7 Å². The number of rotatable bonds is 2. The highest BCUT2D eigenvalue weighted by atomic mass is 16.3. The standard InChI is InChI=1S/C11H15N3O2/c1-6-4-10(15)9(8(3)7(6)2)5-13-14-11(12)16/h4-5,15H,1-3H3,(H3,12,14,16). The van der Waals surface area contributed by atoms with Crippen molar-refractivity contribution >= 4 is 12.2 Å². The predicted molar refractivity (Wildman–Crippen MR) is 62.6 cm³/mol. The Balaban J connectivity index is 3.09. The third-order valence-corrected chi connectivity index (χ3v) is 2.56. The van der Waals surface area contributed by atoms with E-state index in [1.807, 2.05) is 20.8 Å². The lowest BCUT2D eigenvalue weighted by Gasteiger charge is -2.10. The first-order chi connectivity index (χ1) is 7.43. The van der Waals surface area contributed by atoms with Crippen molar-refractivity contribution in [3.8, 4) is 5.75 Å². The van der Waals surface area contributed by atoms with Gasteiger partial charge in [-0.1, -0.05) is 0 Å². The summed E-state index contributed by atoms with van der Waals surface area (Å²) in [6.07, 6.45) is 1.38. The molecule has 1 aromatic carbocycles. The summed E-state index contributed by atoms with van der Waals surface area (Å²) >= 11 is 0. The lowest BCUT2D eigenvalue weighted by molar-refractivity contribution is 0.249. The molecule has 86 valence electrons. The minimum atomic E-state index is -0.739. The van der Waals surface area contributed by atoms with Crippen LogP contribution in [0.25, 0.3) is 0 Å². The molecule has 0 aliphatic rings. The number of carbonyl (C=O) groups excluding carboxylic acids is 1. The Bertz CT molecular complexity index is 453. The number of hydrazone groups is 1. The van der Waals surface area contributed by atoms with Crippen LogP contribution in [0.4, 0.5) is 4.79 Å². The van der Waals surface area contributed by atoms with Crippen LogP contribution in [0.5, 0.6) is 5.75 Å². The van der Waals surface area contributed by atoms with Crippen LogP contribution in [-0.4, -0.2) is 17.4 Å². The van der Waals surface area contributed by atoms with Crippen LogP contribution in [-0.2, 0) is 0 Å². The zero-order valence-electron chi connectivity index (χ0n) is 9.53. The van der Waals surface area contributed by atoms with E-state index in [2.05, 4.69) is 10.5 Å². The molecule has 5 nitrogen and oxygen atoms in total. The molecule has 0 saturated carbocycles. The summed E-state index contributed by atoms with van der Waals surface area (Å²) in [6, 6.07) is 0.922. The van der Waals surface area contributed by atoms with Gasteiger partial charge in [0, 0.05) is 5.56 Å². The molecular formula is C11H15N3O2. The lowest BCUT2D eigenvalue weighted by Crippen LogP contribution is -2.24. The number of carbonyl (C=O) groups is 1. The van der Waals surface area contributed by atoms with E-state index in [-0.39, 0.29) is 5.75 Å². The number of hydrogen-bond acceptors (Lipinski definition) is 3. The summed E-state index contributed by atoms with van der Waals surface area (Å²) in [4.78, 5) is 10.4. The van der Waals surface area contributed by atoms with Crippen LogP contribution in [0.3, 0.4) is 0 Å². The van der Waals surface area contributed by atoms with E-state index in [1.54, 1.807) is 6.07 Å². The Hall–Kier alpha value is -2.04. The van der Waals surface area contributed by atoms with E-state index in [0.29, 0.717) is 5.56 Å². The van der Waals surface area contributed by atoms with Gasteiger partial charge in [-0.05, 0) is 43.5 Å². The van der Waals surface area contributed by atoms with Gasteiger partial charge in [0.1, 0.15) is 5.75 Å². The third-order valence-electron chi connectivity index (χ3n) is 2.56. The molecule has 1 rings (SSSR count). The summed E-state index contributed by atoms with van der Waals surface area (Å²) in [6.45, 7) is 5.77. The summed E-state index contributed by atoms with van der Waals surface area (Å²) in [7, 11) is 0. The van der Waals surface area contributed by atoms with Crippen LogP contribution in [0.15, 0.2) is 11.2 Å². The first-order valence-electron chi connectivity index (χ1n) is 4.81. The number of nitrogens with two attached hydrogens (primary N) is 1. The third kappa shape index (κ3) is 2.50. The summed E-state index contributed by atoms with van der Waals surface area (Å²) in [5, 5.41) is 13.4. The monoisotopic (exact) mass is 221 g/mol. The number of nitrogens with zero attached hydrogens (tertiary/aromatic N) is 1. The molecule has 0 radical (unpaired) electrons. The van der Waals surface area contributed by atoms with E-state index in [4.69, 9.17) is 5.73 Å². The predicted octanol–water partition coefficient (Wildman–Crippen LogP) is 1.32. The molecule has 0 fully saturated rings. The second-order valence-corrected chi connectivity index (χ2v) is 3.61. The number of urea groups is 1. The average molecular weight is 221 g/mol. The van der Waals surface area contributed by atoms with Crippen LogP contribution >= 0.6 is 0 Å². The van der Waals surface area contributed by atoms with Crippen molar-refractivity contribution in [2.24, 2.45) is 10.8 Å². The molecule has 4 N–H and O–H groups in total. The highest BCUT2D eigenvalue weighted by Gasteiger charge is 2.07. The maximum absolute atomic E-state index is 10.4. The molecule has 0 heterocycles. The molecule has 0 unspecified atom stereocenters. The molecule has 0 aliphatic heterocycles. The highest BCUT2D eigenvalue weighted by Crippen LogP contribution is 2.25. The number of aryl methyl sites for hydroxylation is 1. The summed E-state index contributed by atoms with van der Waals surface area (Å²) < 4.78 is 0. The van der Waals surface area contributed by atoms with Gasteiger partial charge in [0.05, 0.1) is 6.21 Å². The van der Waals surface area contributed by atoms with Crippen molar-refractivity contribution in [2.45, 2.75) is 20.8 Å². The molecule has 1 aromatic rings. The van der Waals surface area contributed by atoms with Gasteiger partial charge in [0.2, 0.25) is 0 Å². The fourth-order valence-electron chi connectivity index (χ4n) is 1.40. The molecular weight excluding hydrogens is 206 g/mol. The van der Waals surface area contributed by atoms with Gasteiger partial charge in [-0.15, -0.1) is 0 Å². The maximum atomic E-state index is 10.4. The maximum Gasteiger partial charge on any atom is 0.332 e. The van der Waals surface area contributed by atoms with Crippen LogP contribution < -0.4 is 11.2 Å². The van der Waals surface area contributed by atoms with Crippen LogP contribution in [0.1, 0.15) is 22.3 Å². The van der Waals surface area contributed by atoms with Crippen LogP contribution in [0, 0.1) is 20.8 Å². The SMILES string of the molecule is Cc1cc(O)c(C=NNC(N)=O)c(C)c1C. The molecule has 0 spiro atoms. The first kappa shape index (κ1) is 12.0. The fourth-order valence-corrected chi connectivity index (χ4v) is 1.40. The van der Waals surface area contributed by atoms with E-state index in [1.165, 1.54) is 6.21 Å². The Morgan fingerprint density at radius 3 is 2.62 bits per heavy atom. The normalized spacial score (nSPS) is 10.7. The molecule has 0 saturated heterocycles. The molecule has 5 heteroatoms. The van der Waals surface area contributed by atoms with Crippen molar-refractivity contribution in [2.75, 3.05) is 0 Å². The van der Waals surface area contributed by atoms with Crippen molar-refractivity contribution in [3.63, 3.8) is 0 Å². The number of aromatic hydroxyl groups is 1. The Labute approximate surface area is 94.0 Å². The number of nitrogens with one attached hydrogen (secondary N) is 1. The topological polar surface area (TPSA) is 87.7 Å². The van der Waals surface area contributed by atoms with E-state index in [9.17, 15) is 9.90 Å². The minimum absolute atomic E-state index is 0.135. The molecule has 16 heavy (non-hydrogen) atoms. The molecule has 2 amide bonds. The number of phenolic OH excluding ortho intramolecular Hbond substituents is 1. The minimum Gasteiger partial charge on any atom is -0.507 e. The lowest BCUT2D eigenvalue weighted by atomic mass is 9.98. The zero-order chi connectivity index (χ0) is 12.3. The van der Waals surface area contributed by atoms with Gasteiger partial charge in [0.15, 0.2) is 0 Å². The second-order valence-electron chi connectivity index (χ2n) is 3.61. The summed E-state index contributed by atoms with van der Waals surface area (Å²) in [5.41, 5.74) is 10.5. The zero-order valence-corrected chi connectivity index (χ0v) is 9.53. The number of amides is 2. The van der Waals surface area contributed by atoms with Gasteiger partial charge in [-0.25, -0.2) is 10.2 Å². The molecule has 0 aromatic heterocycles. The van der Waals surface area contributed by atoms with E-state index < -0.39 is 6.03 Å². The van der Waals surface area contributed by atoms with Crippen molar-refractivity contribution in [3.05, 3.63) is 28.3 Å². The second kappa shape index (κ2) is 4.65. The Morgan fingerprint density at radius 2 is 2.06 bits per heavy atom. The van der Waals surface area contributed by atoms with Crippen LogP contribution in [0.2, 0.25) is 0 Å². The van der Waals surface area contributed by atoms with Crippen molar-refractivity contribution in [1.82, 2.24) is 5.43 Å². The highest BCUT2D eigenvalue weighted by molar-refractivity contribution is 5.87. The molecule has 0 bridgehead atoms. The largest absolute Gasteiger partial charge is 0.507 e. The molecule has 0 atom stereocenters. The number of hydrogen-bond donors (Lipinski definition) is 3. The van der Waals surface area contributed by atoms with Gasteiger partial charge in [-0.3, -0.25) is 0 Å². The number of primary amides is 1. The smallest absolute Gasteiger partial charge is 0.332 e. The van der Waals surface area contributed by atoms with Gasteiger partial charge in [0.25, 0.3) is 0 Å². The molecule has 0 aliphatic carbocycles. The Morgan fingerprint density at radius 1 is 1.44 bits per heavy atom. The summed E-state index contributed by atoms with van der Waals surface area (Å²) in [5.74, 6) is 0.135. The van der Waals surface area contributed by atoms with Crippen molar-refractivity contribution < 1.29 is 9.90 Å². The number of benzene rings is 1.